The maximum Gasteiger partial charge on any atom is 0.460 e. The summed E-state index contributed by atoms with van der Waals surface area (Å²) in [5.74, 6) is -136. The van der Waals surface area contributed by atoms with Crippen LogP contribution in [0.2, 0.25) is 0 Å². The van der Waals surface area contributed by atoms with Gasteiger partial charge < -0.3 is 5.11 Å². The zero-order valence-corrected chi connectivity index (χ0v) is 20.9. The highest BCUT2D eigenvalue weighted by Gasteiger charge is 3.01. The SMILES string of the molecule is OC(F)(C(F)(F)F)C(F)(F)C(F)(F)C(F)(F)C(F)(F)C(F)(F)C(F)(F)C(F)(F)C(F)(F)C(F)(F)C(F)(F)C(F)(F)C(F)(F)C(F)(F)C(F)(F)F. The third kappa shape index (κ3) is 5.17. The maximum atomic E-state index is 13.7. The van der Waals surface area contributed by atoms with Crippen molar-refractivity contribution in [3.63, 3.8) is 0 Å². The van der Waals surface area contributed by atoms with Gasteiger partial charge in [0, 0.05) is 0 Å². The lowest BCUT2D eigenvalue weighted by Gasteiger charge is -2.46. The van der Waals surface area contributed by atoms with Crippen LogP contribution in [-0.2, 0) is 0 Å². The van der Waals surface area contributed by atoms with Crippen LogP contribution < -0.4 is 0 Å². The second kappa shape index (κ2) is 11.1. The molecule has 0 radical (unpaired) electrons. The molecule has 0 amide bonds. The Morgan fingerprint density at radius 2 is 0.280 bits per heavy atom. The molecule has 50 heavy (non-hydrogen) atoms. The lowest BCUT2D eigenvalue weighted by atomic mass is 9.83. The summed E-state index contributed by atoms with van der Waals surface area (Å²) in [7, 11) is 0. The molecular weight excluding hydrogens is 835 g/mol. The van der Waals surface area contributed by atoms with Gasteiger partial charge in [-0.3, -0.25) is 0 Å². The Hall–Kier alpha value is -2.35. The summed E-state index contributed by atoms with van der Waals surface area (Å²) in [4.78, 5) is 0. The Morgan fingerprint density at radius 3 is 0.400 bits per heavy atom. The summed E-state index contributed by atoms with van der Waals surface area (Å²) in [6.45, 7) is 0. The van der Waals surface area contributed by atoms with Crippen LogP contribution in [0.15, 0.2) is 0 Å². The molecule has 0 aliphatic rings. The van der Waals surface area contributed by atoms with Gasteiger partial charge in [-0.05, 0) is 0 Å². The van der Waals surface area contributed by atoms with Crippen LogP contribution in [-0.4, -0.2) is 100 Å². The van der Waals surface area contributed by atoms with Crippen LogP contribution in [0.5, 0.6) is 0 Å². The van der Waals surface area contributed by atoms with Crippen molar-refractivity contribution in [2.24, 2.45) is 0 Å². The van der Waals surface area contributed by atoms with Crippen molar-refractivity contribution in [2.75, 3.05) is 0 Å². The molecule has 0 saturated carbocycles. The highest BCUT2D eigenvalue weighted by molar-refractivity contribution is 5.21. The maximum absolute atomic E-state index is 13.7. The molecule has 0 bridgehead atoms. The van der Waals surface area contributed by atoms with Gasteiger partial charge in [0.25, 0.3) is 0 Å². The Kier molecular flexibility index (Phi) is 10.6. The number of aliphatic hydroxyl groups is 1. The zero-order valence-electron chi connectivity index (χ0n) is 20.9. The summed E-state index contributed by atoms with van der Waals surface area (Å²) in [5.41, 5.74) is 0. The van der Waals surface area contributed by atoms with Gasteiger partial charge in [-0.2, -0.15) is 145 Å². The minimum absolute atomic E-state index is 7.79. The Labute approximate surface area is 246 Å². The van der Waals surface area contributed by atoms with Gasteiger partial charge in [-0.1, -0.05) is 0 Å². The molecule has 0 saturated heterocycles. The summed E-state index contributed by atoms with van der Waals surface area (Å²) in [5, 5.41) is 7.79. The van der Waals surface area contributed by atoms with E-state index in [1.54, 1.807) is 0 Å². The molecule has 0 rings (SSSR count). The van der Waals surface area contributed by atoms with E-state index in [1.807, 2.05) is 0 Å². The Bertz CT molecular complexity index is 1150. The van der Waals surface area contributed by atoms with Gasteiger partial charge in [-0.15, -0.1) is 0 Å². The van der Waals surface area contributed by atoms with Crippen LogP contribution in [0, 0.1) is 0 Å². The fourth-order valence-corrected chi connectivity index (χ4v) is 2.73. The predicted molar refractivity (Wildman–Crippen MR) is 82.5 cm³/mol. The lowest BCUT2D eigenvalue weighted by molar-refractivity contribution is -0.495. The van der Waals surface area contributed by atoms with Crippen molar-refractivity contribution in [3.05, 3.63) is 0 Å². The first-order valence-corrected chi connectivity index (χ1v) is 10.2. The first kappa shape index (κ1) is 47.7. The molecule has 0 fully saturated rings. The second-order valence-corrected chi connectivity index (χ2v) is 9.08. The number of alkyl halides is 33. The number of rotatable bonds is 13. The van der Waals surface area contributed by atoms with Crippen molar-refractivity contribution >= 4 is 0 Å². The molecule has 1 N–H and O–H groups in total. The van der Waals surface area contributed by atoms with Gasteiger partial charge >= 0.3 is 95.2 Å². The quantitative estimate of drug-likeness (QED) is 0.183. The molecular formula is C16HF33O. The first-order chi connectivity index (χ1) is 20.8. The van der Waals surface area contributed by atoms with E-state index in [-0.39, 0.29) is 0 Å². The third-order valence-corrected chi connectivity index (χ3v) is 5.88. The molecule has 1 unspecified atom stereocenters. The monoisotopic (exact) mass is 836 g/mol. The second-order valence-electron chi connectivity index (χ2n) is 9.08. The van der Waals surface area contributed by atoms with E-state index in [0.717, 1.165) is 0 Å². The van der Waals surface area contributed by atoms with Crippen molar-refractivity contribution in [1.82, 2.24) is 0 Å². The number of hydrogen-bond acceptors (Lipinski definition) is 1. The molecule has 0 aromatic heterocycles. The number of halogens is 33. The largest absolute Gasteiger partial charge is 0.460 e. The van der Waals surface area contributed by atoms with Crippen molar-refractivity contribution in [3.8, 4) is 0 Å². The molecule has 0 aromatic rings. The van der Waals surface area contributed by atoms with E-state index in [0.29, 0.717) is 0 Å². The van der Waals surface area contributed by atoms with Crippen LogP contribution >= 0.6 is 0 Å². The summed E-state index contributed by atoms with van der Waals surface area (Å²) in [6, 6.07) is 0. The molecule has 0 spiro atoms. The average Bonchev–Trinajstić information content (AvgIpc) is 2.85. The lowest BCUT2D eigenvalue weighted by Crippen LogP contribution is -2.80. The highest BCUT2D eigenvalue weighted by Crippen LogP contribution is 2.69. The number of hydrogen-bond donors (Lipinski definition) is 1. The third-order valence-electron chi connectivity index (χ3n) is 5.88. The predicted octanol–water partition coefficient (Wildman–Crippen LogP) is 10.0. The zero-order chi connectivity index (χ0) is 42.0. The molecule has 1 nitrogen and oxygen atoms in total. The van der Waals surface area contributed by atoms with E-state index < -0.39 is 95.2 Å². The van der Waals surface area contributed by atoms with E-state index >= 15 is 0 Å². The molecule has 0 aliphatic heterocycles. The topological polar surface area (TPSA) is 20.2 Å². The molecule has 302 valence electrons. The van der Waals surface area contributed by atoms with Gasteiger partial charge in [0.1, 0.15) is 0 Å². The van der Waals surface area contributed by atoms with E-state index in [2.05, 4.69) is 0 Å². The molecule has 0 heterocycles. The normalized spacial score (nSPS) is 18.4. The fraction of sp³-hybridized carbons (Fsp3) is 1.00. The van der Waals surface area contributed by atoms with Crippen LogP contribution in [0.4, 0.5) is 145 Å². The summed E-state index contributed by atoms with van der Waals surface area (Å²) in [6.07, 6.45) is -16.6. The summed E-state index contributed by atoms with van der Waals surface area (Å²) < 4.78 is 435. The van der Waals surface area contributed by atoms with Crippen molar-refractivity contribution < 1.29 is 150 Å². The molecule has 0 aliphatic carbocycles. The minimum atomic E-state index is -10.2. The fourth-order valence-electron chi connectivity index (χ4n) is 2.73. The van der Waals surface area contributed by atoms with Crippen LogP contribution in [0.25, 0.3) is 0 Å². The highest BCUT2D eigenvalue weighted by atomic mass is 19.4. The van der Waals surface area contributed by atoms with Crippen LogP contribution in [0.1, 0.15) is 0 Å². The molecule has 0 aromatic carbocycles. The summed E-state index contributed by atoms with van der Waals surface area (Å²) >= 11 is 0. The van der Waals surface area contributed by atoms with E-state index in [9.17, 15) is 145 Å². The Balaban J connectivity index is 7.70. The van der Waals surface area contributed by atoms with E-state index in [4.69, 9.17) is 5.11 Å². The van der Waals surface area contributed by atoms with Gasteiger partial charge in [0.05, 0.1) is 0 Å². The minimum Gasteiger partial charge on any atom is -0.350 e. The average molecular weight is 836 g/mol. The molecule has 1 atom stereocenters. The van der Waals surface area contributed by atoms with Crippen LogP contribution in [0.3, 0.4) is 0 Å². The smallest absolute Gasteiger partial charge is 0.350 e. The van der Waals surface area contributed by atoms with Gasteiger partial charge in [-0.25, -0.2) is 0 Å². The standard InChI is InChI=1S/C16HF33O/c17-1(18,3(21,22)5(25,26)7(29,30)9(33,34)11(37,38)13(41,42)15(44,45)46)2(19,20)4(23,24)6(27,28)8(31,32)10(35,36)12(39,40)14(43,50)16(47,48)49/h50H. The van der Waals surface area contributed by atoms with E-state index in [1.165, 1.54) is 0 Å². The van der Waals surface area contributed by atoms with Gasteiger partial charge in [0.2, 0.25) is 0 Å². The van der Waals surface area contributed by atoms with Crippen molar-refractivity contribution in [1.29, 1.82) is 0 Å². The van der Waals surface area contributed by atoms with Crippen molar-refractivity contribution in [2.45, 2.75) is 95.2 Å². The van der Waals surface area contributed by atoms with Gasteiger partial charge in [0.15, 0.2) is 0 Å². The molecule has 34 heteroatoms. The first-order valence-electron chi connectivity index (χ1n) is 10.2. The Morgan fingerprint density at radius 1 is 0.160 bits per heavy atom.